The van der Waals surface area contributed by atoms with Gasteiger partial charge in [-0.1, -0.05) is 11.6 Å². The highest BCUT2D eigenvalue weighted by Crippen LogP contribution is 2.33. The van der Waals surface area contributed by atoms with Gasteiger partial charge in [0.2, 0.25) is 0 Å². The Bertz CT molecular complexity index is 1100. The van der Waals surface area contributed by atoms with Gasteiger partial charge in [-0.2, -0.15) is 0 Å². The lowest BCUT2D eigenvalue weighted by Crippen LogP contribution is -2.38. The third-order valence-corrected chi connectivity index (χ3v) is 5.20. The van der Waals surface area contributed by atoms with Crippen LogP contribution in [0, 0.1) is 5.82 Å². The van der Waals surface area contributed by atoms with Crippen LogP contribution in [0.1, 0.15) is 12.8 Å². The molecule has 156 valence electrons. The third kappa shape index (κ3) is 4.10. The fourth-order valence-electron chi connectivity index (χ4n) is 3.53. The maximum absolute atomic E-state index is 13.3. The first-order valence-electron chi connectivity index (χ1n) is 9.33. The molecule has 1 aromatic heterocycles. The normalized spacial score (nSPS) is 16.7. The molecule has 1 fully saturated rings. The van der Waals surface area contributed by atoms with Crippen molar-refractivity contribution in [2.75, 3.05) is 13.2 Å². The van der Waals surface area contributed by atoms with Crippen LogP contribution in [0.15, 0.2) is 48.7 Å². The number of hydrogen-bond donors (Lipinski definition) is 1. The predicted molar refractivity (Wildman–Crippen MR) is 107 cm³/mol. The molecule has 1 atom stereocenters. The zero-order valence-electron chi connectivity index (χ0n) is 15.8. The molecular formula is C21H18ClFN2O5. The number of hydrogen-bond acceptors (Lipinski definition) is 5. The number of aromatic nitrogens is 1. The summed E-state index contributed by atoms with van der Waals surface area (Å²) in [5.74, 6) is -2.72. The minimum Gasteiger partial charge on any atom is -0.490 e. The number of fused-ring (bicyclic) bond motifs is 1. The topological polar surface area (TPSA) is 81.0 Å². The van der Waals surface area contributed by atoms with Crippen LogP contribution in [-0.4, -0.2) is 45.9 Å². The van der Waals surface area contributed by atoms with Gasteiger partial charge in [-0.05, 0) is 55.3 Å². The summed E-state index contributed by atoms with van der Waals surface area (Å²) >= 11 is 6.17. The van der Waals surface area contributed by atoms with Gasteiger partial charge in [0.15, 0.2) is 0 Å². The number of carboxylic acids is 1. The predicted octanol–water partition coefficient (Wildman–Crippen LogP) is 3.81. The van der Waals surface area contributed by atoms with Crippen LogP contribution in [0.5, 0.6) is 5.75 Å². The third-order valence-electron chi connectivity index (χ3n) is 4.96. The summed E-state index contributed by atoms with van der Waals surface area (Å²) in [5.41, 5.74) is 1.60. The quantitative estimate of drug-likeness (QED) is 0.617. The number of carbonyl (C=O) groups is 2. The van der Waals surface area contributed by atoms with Gasteiger partial charge in [0.05, 0.1) is 17.8 Å². The van der Waals surface area contributed by atoms with Crippen LogP contribution >= 0.6 is 11.6 Å². The minimum atomic E-state index is -1.64. The van der Waals surface area contributed by atoms with E-state index in [9.17, 15) is 14.0 Å². The van der Waals surface area contributed by atoms with Gasteiger partial charge >= 0.3 is 11.9 Å². The van der Waals surface area contributed by atoms with Crippen LogP contribution in [0.3, 0.4) is 0 Å². The molecule has 0 radical (unpaired) electrons. The van der Waals surface area contributed by atoms with Crippen molar-refractivity contribution in [3.05, 3.63) is 59.5 Å². The zero-order valence-corrected chi connectivity index (χ0v) is 16.5. The first kappa shape index (κ1) is 20.2. The van der Waals surface area contributed by atoms with Crippen LogP contribution < -0.4 is 4.74 Å². The number of ether oxygens (including phenoxy) is 1. The summed E-state index contributed by atoms with van der Waals surface area (Å²) in [6.07, 6.45) is 3.24. The number of aliphatic carboxylic acids is 1. The molecule has 2 heterocycles. The molecule has 0 saturated carbocycles. The number of carbonyl (C=O) groups excluding carboxylic acids is 1. The Morgan fingerprint density at radius 3 is 2.70 bits per heavy atom. The maximum Gasteiger partial charge on any atom is 0.436 e. The molecule has 1 unspecified atom stereocenters. The molecule has 0 amide bonds. The molecule has 0 spiro atoms. The van der Waals surface area contributed by atoms with E-state index in [2.05, 4.69) is 0 Å². The summed E-state index contributed by atoms with van der Waals surface area (Å²) in [5, 5.41) is 11.4. The van der Waals surface area contributed by atoms with E-state index in [1.807, 2.05) is 10.6 Å². The molecule has 7 nitrogen and oxygen atoms in total. The number of rotatable bonds is 5. The molecule has 1 aliphatic rings. The van der Waals surface area contributed by atoms with Crippen molar-refractivity contribution < 1.29 is 28.7 Å². The number of halogens is 2. The summed E-state index contributed by atoms with van der Waals surface area (Å²) in [6, 6.07) is 11.2. The lowest BCUT2D eigenvalue weighted by Gasteiger charge is -2.22. The highest BCUT2D eigenvalue weighted by Gasteiger charge is 2.31. The summed E-state index contributed by atoms with van der Waals surface area (Å²) in [7, 11) is 0. The second-order valence-corrected chi connectivity index (χ2v) is 7.37. The highest BCUT2D eigenvalue weighted by atomic mass is 35.5. The molecule has 0 bridgehead atoms. The van der Waals surface area contributed by atoms with E-state index in [0.29, 0.717) is 23.7 Å². The van der Waals surface area contributed by atoms with Crippen molar-refractivity contribution in [3.63, 3.8) is 0 Å². The van der Waals surface area contributed by atoms with E-state index in [1.165, 1.54) is 17.2 Å². The fraction of sp³-hybridized carbons (Fsp3) is 0.238. The minimum absolute atomic E-state index is 0.196. The molecule has 3 aromatic rings. The van der Waals surface area contributed by atoms with E-state index in [-0.39, 0.29) is 18.5 Å². The average molecular weight is 433 g/mol. The standard InChI is InChI=1S/C21H18ClFN2O5/c22-13-3-8-18-17(10-13)19(11-24(18)15-6-4-14(23)5-7-15)29-12-16-2-1-9-25(16)30-21(28)20(26)27/h3-8,10-11,16H,1-2,9,12H2,(H,26,27). The molecule has 0 aliphatic carbocycles. The van der Waals surface area contributed by atoms with Crippen LogP contribution in [-0.2, 0) is 14.4 Å². The second kappa shape index (κ2) is 8.33. The molecule has 30 heavy (non-hydrogen) atoms. The van der Waals surface area contributed by atoms with Gasteiger partial charge < -0.3 is 19.2 Å². The molecule has 4 rings (SSSR count). The summed E-state index contributed by atoms with van der Waals surface area (Å²) in [6.45, 7) is 0.637. The molecule has 1 aliphatic heterocycles. The lowest BCUT2D eigenvalue weighted by atomic mass is 10.2. The first-order chi connectivity index (χ1) is 14.4. The summed E-state index contributed by atoms with van der Waals surface area (Å²) < 4.78 is 21.2. The molecular weight excluding hydrogens is 415 g/mol. The average Bonchev–Trinajstić information content (AvgIpc) is 3.31. The van der Waals surface area contributed by atoms with Crippen LogP contribution in [0.25, 0.3) is 16.6 Å². The van der Waals surface area contributed by atoms with Crippen molar-refractivity contribution in [1.82, 2.24) is 9.63 Å². The Morgan fingerprint density at radius 2 is 1.97 bits per heavy atom. The van der Waals surface area contributed by atoms with Gasteiger partial charge in [0, 0.05) is 22.6 Å². The van der Waals surface area contributed by atoms with E-state index >= 15 is 0 Å². The summed E-state index contributed by atoms with van der Waals surface area (Å²) in [4.78, 5) is 27.0. The van der Waals surface area contributed by atoms with E-state index < -0.39 is 11.9 Å². The Morgan fingerprint density at radius 1 is 1.20 bits per heavy atom. The van der Waals surface area contributed by atoms with E-state index in [1.54, 1.807) is 30.5 Å². The van der Waals surface area contributed by atoms with Crippen molar-refractivity contribution in [2.45, 2.75) is 18.9 Å². The van der Waals surface area contributed by atoms with Gasteiger partial charge in [0.1, 0.15) is 18.2 Å². The maximum atomic E-state index is 13.3. The molecule has 1 N–H and O–H groups in total. The Kier molecular flexibility index (Phi) is 5.61. The van der Waals surface area contributed by atoms with Crippen LogP contribution in [0.4, 0.5) is 4.39 Å². The molecule has 1 saturated heterocycles. The van der Waals surface area contributed by atoms with Gasteiger partial charge in [0.25, 0.3) is 0 Å². The van der Waals surface area contributed by atoms with Gasteiger partial charge in [-0.25, -0.2) is 14.0 Å². The van der Waals surface area contributed by atoms with E-state index in [4.69, 9.17) is 26.3 Å². The molecule has 2 aromatic carbocycles. The number of nitrogens with zero attached hydrogens (tertiary/aromatic N) is 2. The van der Waals surface area contributed by atoms with Gasteiger partial charge in [-0.15, -0.1) is 5.06 Å². The zero-order chi connectivity index (χ0) is 21.3. The largest absolute Gasteiger partial charge is 0.490 e. The van der Waals surface area contributed by atoms with Crippen molar-refractivity contribution >= 4 is 34.4 Å². The Balaban J connectivity index is 1.58. The lowest BCUT2D eigenvalue weighted by molar-refractivity contribution is -0.202. The Labute approximate surface area is 176 Å². The SMILES string of the molecule is O=C(O)C(=O)ON1CCCC1COc1cn(-c2ccc(F)cc2)c2ccc(Cl)cc12. The molecule has 9 heteroatoms. The van der Waals surface area contributed by atoms with Crippen molar-refractivity contribution in [1.29, 1.82) is 0 Å². The monoisotopic (exact) mass is 432 g/mol. The van der Waals surface area contributed by atoms with Crippen LogP contribution in [0.2, 0.25) is 5.02 Å². The Hall–Kier alpha value is -3.10. The van der Waals surface area contributed by atoms with Crippen molar-refractivity contribution in [2.24, 2.45) is 0 Å². The smallest absolute Gasteiger partial charge is 0.436 e. The first-order valence-corrected chi connectivity index (χ1v) is 9.71. The van der Waals surface area contributed by atoms with Crippen molar-refractivity contribution in [3.8, 4) is 11.4 Å². The number of carboxylic acid groups (broad SMARTS) is 1. The number of benzene rings is 2. The van der Waals surface area contributed by atoms with E-state index in [0.717, 1.165) is 23.0 Å². The second-order valence-electron chi connectivity index (χ2n) is 6.93. The van der Waals surface area contributed by atoms with Gasteiger partial charge in [-0.3, -0.25) is 0 Å². The number of hydroxylamine groups is 2. The fourth-order valence-corrected chi connectivity index (χ4v) is 3.70. The highest BCUT2D eigenvalue weighted by molar-refractivity contribution is 6.31.